The van der Waals surface area contributed by atoms with Crippen molar-refractivity contribution >= 4 is 0 Å². The van der Waals surface area contributed by atoms with Crippen LogP contribution in [-0.2, 0) is 0 Å². The highest BCUT2D eigenvalue weighted by atomic mass is 19.4. The van der Waals surface area contributed by atoms with Crippen molar-refractivity contribution in [3.05, 3.63) is 11.1 Å². The third kappa shape index (κ3) is 3.64. The molecule has 0 aromatic heterocycles. The molecule has 0 saturated carbocycles. The lowest BCUT2D eigenvalue weighted by atomic mass is 10.00. The highest BCUT2D eigenvalue weighted by Crippen LogP contribution is 2.38. The van der Waals surface area contributed by atoms with Crippen molar-refractivity contribution < 1.29 is 35.1 Å². The average Bonchev–Trinajstić information content (AvgIpc) is 1.99. The smallest absolute Gasteiger partial charge is 0.232 e. The van der Waals surface area contributed by atoms with E-state index in [1.807, 2.05) is 0 Å². The Balaban J connectivity index is 5.32. The van der Waals surface area contributed by atoms with Gasteiger partial charge < -0.3 is 0 Å². The van der Waals surface area contributed by atoms with Crippen LogP contribution in [0, 0.1) is 0 Å². The van der Waals surface area contributed by atoms with Crippen molar-refractivity contribution in [1.82, 2.24) is 0 Å². The Hall–Kier alpha value is -0.820. The molecule has 2 atom stereocenters. The second kappa shape index (κ2) is 4.58. The van der Waals surface area contributed by atoms with Crippen LogP contribution in [0.15, 0.2) is 11.1 Å². The van der Waals surface area contributed by atoms with Crippen molar-refractivity contribution in [2.75, 3.05) is 0 Å². The summed E-state index contributed by atoms with van der Waals surface area (Å²) in [5.74, 6) is 0. The quantitative estimate of drug-likeness (QED) is 0.515. The fourth-order valence-electron chi connectivity index (χ4n) is 0.988. The van der Waals surface area contributed by atoms with Crippen LogP contribution in [-0.4, -0.2) is 24.7 Å². The van der Waals surface area contributed by atoms with Gasteiger partial charge >= 0.3 is 12.4 Å². The molecule has 0 amide bonds. The molecule has 0 nitrogen and oxygen atoms in total. The van der Waals surface area contributed by atoms with Gasteiger partial charge in [0, 0.05) is 5.57 Å². The van der Waals surface area contributed by atoms with Gasteiger partial charge in [-0.15, -0.1) is 0 Å². The van der Waals surface area contributed by atoms with Gasteiger partial charge in [0.15, 0.2) is 0 Å². The first-order valence-corrected chi connectivity index (χ1v) is 3.98. The van der Waals surface area contributed by atoms with E-state index in [1.54, 1.807) is 0 Å². The zero-order chi connectivity index (χ0) is 13.3. The third-order valence-corrected chi connectivity index (χ3v) is 1.70. The average molecular weight is 256 g/mol. The van der Waals surface area contributed by atoms with Crippen LogP contribution in [0.4, 0.5) is 35.1 Å². The van der Waals surface area contributed by atoms with Crippen LogP contribution < -0.4 is 0 Å². The summed E-state index contributed by atoms with van der Waals surface area (Å²) in [6.45, 7) is 1.57. The molecule has 0 aliphatic carbocycles. The Bertz CT molecular complexity index is 245. The molecule has 16 heavy (non-hydrogen) atoms. The fraction of sp³-hybridized carbons (Fsp3) is 0.750. The number of allylic oxidation sites excluding steroid dienone is 2. The minimum absolute atomic E-state index is 0.686. The highest BCUT2D eigenvalue weighted by Gasteiger charge is 2.52. The summed E-state index contributed by atoms with van der Waals surface area (Å²) < 4.78 is 96.6. The van der Waals surface area contributed by atoms with E-state index in [4.69, 9.17) is 0 Å². The van der Waals surface area contributed by atoms with Gasteiger partial charge in [-0.3, -0.25) is 0 Å². The Kier molecular flexibility index (Phi) is 4.35. The van der Waals surface area contributed by atoms with E-state index >= 15 is 0 Å². The monoisotopic (exact) mass is 256 g/mol. The summed E-state index contributed by atoms with van der Waals surface area (Å²) in [5.41, 5.74) is -2.62. The Labute approximate surface area is 85.9 Å². The summed E-state index contributed by atoms with van der Waals surface area (Å²) in [4.78, 5) is 0. The number of hydrogen-bond donors (Lipinski definition) is 0. The fourth-order valence-corrected chi connectivity index (χ4v) is 0.988. The van der Waals surface area contributed by atoms with Gasteiger partial charge in [0.05, 0.1) is 0 Å². The lowest BCUT2D eigenvalue weighted by Crippen LogP contribution is -2.37. The first-order chi connectivity index (χ1) is 6.89. The Morgan fingerprint density at radius 2 is 1.00 bits per heavy atom. The number of hydrogen-bond acceptors (Lipinski definition) is 0. The van der Waals surface area contributed by atoms with Crippen LogP contribution in [0.25, 0.3) is 0 Å². The van der Waals surface area contributed by atoms with Gasteiger partial charge in [0.25, 0.3) is 0 Å². The zero-order valence-corrected chi connectivity index (χ0v) is 8.18. The van der Waals surface area contributed by atoms with Gasteiger partial charge in [-0.25, -0.2) is 8.78 Å². The maximum Gasteiger partial charge on any atom is 0.423 e. The van der Waals surface area contributed by atoms with Crippen LogP contribution in [0.1, 0.15) is 13.8 Å². The van der Waals surface area contributed by atoms with E-state index in [9.17, 15) is 35.1 Å². The summed E-state index contributed by atoms with van der Waals surface area (Å²) in [6.07, 6.45) is -19.0. The lowest BCUT2D eigenvalue weighted by molar-refractivity contribution is -0.194. The first-order valence-electron chi connectivity index (χ1n) is 3.98. The molecule has 0 spiro atoms. The highest BCUT2D eigenvalue weighted by molar-refractivity contribution is 5.23. The van der Waals surface area contributed by atoms with Crippen molar-refractivity contribution in [2.45, 2.75) is 38.5 Å². The second-order valence-corrected chi connectivity index (χ2v) is 3.26. The molecule has 0 fully saturated rings. The molecule has 0 rings (SSSR count). The number of rotatable bonds is 2. The van der Waals surface area contributed by atoms with Gasteiger partial charge in [0.2, 0.25) is 12.3 Å². The SMILES string of the molecule is CC(C)=C(C(F)C(F)(F)F)C(F)C(F)(F)F. The van der Waals surface area contributed by atoms with E-state index in [0.717, 1.165) is 13.8 Å². The van der Waals surface area contributed by atoms with Gasteiger partial charge in [-0.05, 0) is 13.8 Å². The molecule has 96 valence electrons. The molecule has 0 aromatic rings. The van der Waals surface area contributed by atoms with Crippen LogP contribution in [0.5, 0.6) is 0 Å². The largest absolute Gasteiger partial charge is 0.423 e. The van der Waals surface area contributed by atoms with Crippen LogP contribution in [0.3, 0.4) is 0 Å². The minimum Gasteiger partial charge on any atom is -0.232 e. The molecule has 0 saturated heterocycles. The topological polar surface area (TPSA) is 0 Å². The summed E-state index contributed by atoms with van der Waals surface area (Å²) >= 11 is 0. The maximum atomic E-state index is 12.7. The zero-order valence-electron chi connectivity index (χ0n) is 8.18. The normalized spacial score (nSPS) is 16.9. The summed E-state index contributed by atoms with van der Waals surface area (Å²) in [5, 5.41) is 0. The predicted octanol–water partition coefficient (Wildman–Crippen LogP) is 4.12. The molecular formula is C8H8F8. The standard InChI is InChI=1S/C8H8F8/c1-3(2)4(5(9)7(11,12)13)6(10)8(14,15)16/h5-6H,1-2H3. The number of alkyl halides is 8. The molecule has 2 unspecified atom stereocenters. The molecule has 0 N–H and O–H groups in total. The summed E-state index contributed by atoms with van der Waals surface area (Å²) in [7, 11) is 0. The van der Waals surface area contributed by atoms with E-state index in [-0.39, 0.29) is 0 Å². The number of halogens is 8. The van der Waals surface area contributed by atoms with E-state index in [1.165, 1.54) is 0 Å². The van der Waals surface area contributed by atoms with Crippen molar-refractivity contribution in [1.29, 1.82) is 0 Å². The van der Waals surface area contributed by atoms with Gasteiger partial charge in [-0.2, -0.15) is 26.3 Å². The first kappa shape index (κ1) is 15.2. The second-order valence-electron chi connectivity index (χ2n) is 3.26. The molecule has 0 aliphatic rings. The Morgan fingerprint density at radius 3 is 1.12 bits per heavy atom. The molecule has 0 heterocycles. The van der Waals surface area contributed by atoms with Gasteiger partial charge in [0.1, 0.15) is 0 Å². The van der Waals surface area contributed by atoms with Crippen molar-refractivity contribution in [2.24, 2.45) is 0 Å². The summed E-state index contributed by atoms with van der Waals surface area (Å²) in [6, 6.07) is 0. The van der Waals surface area contributed by atoms with Crippen LogP contribution in [0.2, 0.25) is 0 Å². The molecule has 0 aromatic carbocycles. The van der Waals surface area contributed by atoms with E-state index < -0.39 is 35.8 Å². The third-order valence-electron chi connectivity index (χ3n) is 1.70. The van der Waals surface area contributed by atoms with Crippen molar-refractivity contribution in [3.8, 4) is 0 Å². The van der Waals surface area contributed by atoms with E-state index in [0.29, 0.717) is 0 Å². The lowest BCUT2D eigenvalue weighted by Gasteiger charge is -2.22. The molecule has 0 radical (unpaired) electrons. The molecule has 8 heteroatoms. The molecule has 0 aliphatic heterocycles. The van der Waals surface area contributed by atoms with Gasteiger partial charge in [-0.1, -0.05) is 5.57 Å². The van der Waals surface area contributed by atoms with E-state index in [2.05, 4.69) is 0 Å². The van der Waals surface area contributed by atoms with Crippen molar-refractivity contribution in [3.63, 3.8) is 0 Å². The van der Waals surface area contributed by atoms with Crippen LogP contribution >= 0.6 is 0 Å². The maximum absolute atomic E-state index is 12.7. The Morgan fingerprint density at radius 1 is 0.750 bits per heavy atom. The molecule has 0 bridgehead atoms. The predicted molar refractivity (Wildman–Crippen MR) is 40.3 cm³/mol. The molecular weight excluding hydrogens is 248 g/mol. The minimum atomic E-state index is -5.55.